The summed E-state index contributed by atoms with van der Waals surface area (Å²) in [4.78, 5) is 7.35. The number of fused-ring (bicyclic) bond motifs is 1. The van der Waals surface area contributed by atoms with Gasteiger partial charge >= 0.3 is 0 Å². The van der Waals surface area contributed by atoms with Gasteiger partial charge in [-0.1, -0.05) is 13.3 Å². The number of H-pyrrole nitrogens is 1. The van der Waals surface area contributed by atoms with Crippen LogP contribution in [0.25, 0.3) is 11.0 Å². The van der Waals surface area contributed by atoms with Crippen molar-refractivity contribution in [3.05, 3.63) is 24.0 Å². The summed E-state index contributed by atoms with van der Waals surface area (Å²) >= 11 is 0. The maximum absolute atomic E-state index is 11.8. The van der Waals surface area contributed by atoms with Gasteiger partial charge in [-0.2, -0.15) is 0 Å². The lowest BCUT2D eigenvalue weighted by Crippen LogP contribution is -2.16. The minimum absolute atomic E-state index is 0.156. The summed E-state index contributed by atoms with van der Waals surface area (Å²) in [5, 5.41) is 0. The minimum atomic E-state index is -3.24. The predicted octanol–water partition coefficient (Wildman–Crippen LogP) is 2.41. The molecule has 0 unspecified atom stereocenters. The van der Waals surface area contributed by atoms with E-state index in [4.69, 9.17) is 0 Å². The summed E-state index contributed by atoms with van der Waals surface area (Å²) in [6, 6.07) is 5.29. The first-order chi connectivity index (χ1) is 8.50. The number of unbranched alkanes of at least 4 members (excludes halogenated alkanes) is 1. The third-order valence-electron chi connectivity index (χ3n) is 2.64. The van der Waals surface area contributed by atoms with Gasteiger partial charge in [0.1, 0.15) is 5.82 Å². The Labute approximate surface area is 107 Å². The zero-order valence-corrected chi connectivity index (χ0v) is 11.3. The highest BCUT2D eigenvalue weighted by Crippen LogP contribution is 2.18. The highest BCUT2D eigenvalue weighted by atomic mass is 32.2. The van der Waals surface area contributed by atoms with Crippen LogP contribution >= 0.6 is 0 Å². The highest BCUT2D eigenvalue weighted by molar-refractivity contribution is 7.92. The zero-order chi connectivity index (χ0) is 13.2. The van der Waals surface area contributed by atoms with E-state index in [1.807, 2.05) is 13.8 Å². The molecule has 0 saturated heterocycles. The number of nitrogens with one attached hydrogen (secondary N) is 2. The van der Waals surface area contributed by atoms with Gasteiger partial charge in [0.15, 0.2) is 0 Å². The fraction of sp³-hybridized carbons (Fsp3) is 0.417. The number of anilines is 1. The number of nitrogens with zero attached hydrogens (tertiary/aromatic N) is 1. The number of aromatic nitrogens is 2. The van der Waals surface area contributed by atoms with Crippen molar-refractivity contribution in [1.29, 1.82) is 0 Å². The molecular formula is C12H17N3O2S. The third kappa shape index (κ3) is 3.01. The summed E-state index contributed by atoms with van der Waals surface area (Å²) in [7, 11) is -3.24. The minimum Gasteiger partial charge on any atom is -0.342 e. The van der Waals surface area contributed by atoms with E-state index in [2.05, 4.69) is 14.7 Å². The second-order valence-electron chi connectivity index (χ2n) is 4.33. The Morgan fingerprint density at radius 1 is 1.39 bits per heavy atom. The van der Waals surface area contributed by atoms with E-state index in [-0.39, 0.29) is 5.75 Å². The maximum atomic E-state index is 11.8. The van der Waals surface area contributed by atoms with E-state index < -0.39 is 10.0 Å². The standard InChI is InChI=1S/C12H17N3O2S/c1-3-4-7-18(16,17)15-10-5-6-11-12(8-10)14-9(2)13-11/h5-6,8,15H,3-4,7H2,1-2H3,(H,13,14). The normalized spacial score (nSPS) is 11.9. The molecule has 0 amide bonds. The van der Waals surface area contributed by atoms with Crippen LogP contribution in [-0.2, 0) is 10.0 Å². The molecule has 0 atom stereocenters. The van der Waals surface area contributed by atoms with Gasteiger partial charge in [0.25, 0.3) is 0 Å². The van der Waals surface area contributed by atoms with Crippen molar-refractivity contribution < 1.29 is 8.42 Å². The first kappa shape index (κ1) is 12.9. The molecule has 0 aliphatic heterocycles. The van der Waals surface area contributed by atoms with Gasteiger partial charge in [0.2, 0.25) is 10.0 Å². The number of imidazole rings is 1. The molecule has 0 bridgehead atoms. The van der Waals surface area contributed by atoms with Crippen LogP contribution in [0.5, 0.6) is 0 Å². The maximum Gasteiger partial charge on any atom is 0.232 e. The van der Waals surface area contributed by atoms with E-state index in [0.717, 1.165) is 23.3 Å². The molecule has 18 heavy (non-hydrogen) atoms. The summed E-state index contributed by atoms with van der Waals surface area (Å²) < 4.78 is 26.1. The molecule has 2 aromatic rings. The van der Waals surface area contributed by atoms with Crippen LogP contribution < -0.4 is 4.72 Å². The quantitative estimate of drug-likeness (QED) is 0.873. The van der Waals surface area contributed by atoms with Gasteiger partial charge in [-0.05, 0) is 31.5 Å². The molecule has 1 heterocycles. The predicted molar refractivity (Wildman–Crippen MR) is 73.1 cm³/mol. The van der Waals surface area contributed by atoms with Crippen LogP contribution in [0.3, 0.4) is 0 Å². The van der Waals surface area contributed by atoms with E-state index in [1.54, 1.807) is 18.2 Å². The van der Waals surface area contributed by atoms with Gasteiger partial charge in [-0.25, -0.2) is 13.4 Å². The number of sulfonamides is 1. The van der Waals surface area contributed by atoms with Crippen LogP contribution in [0.15, 0.2) is 18.2 Å². The van der Waals surface area contributed by atoms with Crippen LogP contribution in [0.1, 0.15) is 25.6 Å². The van der Waals surface area contributed by atoms with Crippen LogP contribution in [0.4, 0.5) is 5.69 Å². The average Bonchev–Trinajstić information content (AvgIpc) is 2.65. The second kappa shape index (κ2) is 4.97. The number of rotatable bonds is 5. The van der Waals surface area contributed by atoms with Gasteiger partial charge in [-0.3, -0.25) is 4.72 Å². The van der Waals surface area contributed by atoms with E-state index >= 15 is 0 Å². The fourth-order valence-electron chi connectivity index (χ4n) is 1.77. The van der Waals surface area contributed by atoms with Crippen LogP contribution in [-0.4, -0.2) is 24.1 Å². The van der Waals surface area contributed by atoms with Gasteiger partial charge < -0.3 is 4.98 Å². The Kier molecular flexibility index (Phi) is 3.56. The van der Waals surface area contributed by atoms with E-state index in [1.165, 1.54) is 0 Å². The van der Waals surface area contributed by atoms with Gasteiger partial charge in [0, 0.05) is 0 Å². The molecule has 5 nitrogen and oxygen atoms in total. The molecule has 6 heteroatoms. The average molecular weight is 267 g/mol. The summed E-state index contributed by atoms with van der Waals surface area (Å²) in [6.07, 6.45) is 1.53. The smallest absolute Gasteiger partial charge is 0.232 e. The number of aromatic amines is 1. The lowest BCUT2D eigenvalue weighted by molar-refractivity contribution is 0.598. The molecule has 1 aromatic carbocycles. The van der Waals surface area contributed by atoms with Crippen molar-refractivity contribution in [3.8, 4) is 0 Å². The first-order valence-corrected chi connectivity index (χ1v) is 7.62. The molecule has 1 aromatic heterocycles. The number of hydrogen-bond acceptors (Lipinski definition) is 3. The van der Waals surface area contributed by atoms with Crippen molar-refractivity contribution in [1.82, 2.24) is 9.97 Å². The van der Waals surface area contributed by atoms with Crippen molar-refractivity contribution in [3.63, 3.8) is 0 Å². The summed E-state index contributed by atoms with van der Waals surface area (Å²) in [5.74, 6) is 0.972. The van der Waals surface area contributed by atoms with Crippen molar-refractivity contribution in [2.45, 2.75) is 26.7 Å². The van der Waals surface area contributed by atoms with Crippen molar-refractivity contribution >= 4 is 26.7 Å². The van der Waals surface area contributed by atoms with Gasteiger partial charge in [0.05, 0.1) is 22.5 Å². The number of hydrogen-bond donors (Lipinski definition) is 2. The molecule has 0 fully saturated rings. The molecule has 0 spiro atoms. The molecule has 2 rings (SSSR count). The first-order valence-electron chi connectivity index (χ1n) is 5.97. The lowest BCUT2D eigenvalue weighted by atomic mass is 10.3. The highest BCUT2D eigenvalue weighted by Gasteiger charge is 2.10. The lowest BCUT2D eigenvalue weighted by Gasteiger charge is -2.07. The Bertz CT molecular complexity index is 646. The molecule has 0 saturated carbocycles. The zero-order valence-electron chi connectivity index (χ0n) is 10.5. The van der Waals surface area contributed by atoms with E-state index in [9.17, 15) is 8.42 Å². The molecule has 98 valence electrons. The third-order valence-corrected chi connectivity index (χ3v) is 4.01. The van der Waals surface area contributed by atoms with Crippen LogP contribution in [0, 0.1) is 6.92 Å². The topological polar surface area (TPSA) is 74.8 Å². The Morgan fingerprint density at radius 2 is 2.17 bits per heavy atom. The Hall–Kier alpha value is -1.56. The van der Waals surface area contributed by atoms with Crippen molar-refractivity contribution in [2.75, 3.05) is 10.5 Å². The fourth-order valence-corrected chi connectivity index (χ4v) is 3.02. The largest absolute Gasteiger partial charge is 0.342 e. The molecule has 0 aliphatic carbocycles. The summed E-state index contributed by atoms with van der Waals surface area (Å²) in [6.45, 7) is 3.83. The molecule has 0 aliphatic rings. The molecule has 0 radical (unpaired) electrons. The number of benzene rings is 1. The number of aryl methyl sites for hydroxylation is 1. The van der Waals surface area contributed by atoms with Crippen LogP contribution in [0.2, 0.25) is 0 Å². The molecular weight excluding hydrogens is 250 g/mol. The van der Waals surface area contributed by atoms with Crippen molar-refractivity contribution in [2.24, 2.45) is 0 Å². The second-order valence-corrected chi connectivity index (χ2v) is 6.17. The Morgan fingerprint density at radius 3 is 2.89 bits per heavy atom. The summed E-state index contributed by atoms with van der Waals surface area (Å²) in [5.41, 5.74) is 2.24. The Balaban J connectivity index is 2.21. The van der Waals surface area contributed by atoms with Gasteiger partial charge in [-0.15, -0.1) is 0 Å². The van der Waals surface area contributed by atoms with E-state index in [0.29, 0.717) is 12.1 Å². The monoisotopic (exact) mass is 267 g/mol. The molecule has 2 N–H and O–H groups in total. The SMILES string of the molecule is CCCCS(=O)(=O)Nc1ccc2nc(C)[nH]c2c1.